The predicted molar refractivity (Wildman–Crippen MR) is 79.8 cm³/mol. The van der Waals surface area contributed by atoms with Crippen molar-refractivity contribution in [1.29, 1.82) is 0 Å². The highest BCUT2D eigenvalue weighted by Crippen LogP contribution is 1.76. The summed E-state index contributed by atoms with van der Waals surface area (Å²) in [4.78, 5) is 0. The summed E-state index contributed by atoms with van der Waals surface area (Å²) in [5, 5.41) is 16.5. The summed E-state index contributed by atoms with van der Waals surface area (Å²) in [5.74, 6) is 0. The Hall–Kier alpha value is -1.40. The molecule has 19 heavy (non-hydrogen) atoms. The van der Waals surface area contributed by atoms with Gasteiger partial charge in [-0.3, -0.25) is 0 Å². The van der Waals surface area contributed by atoms with Gasteiger partial charge in [0.25, 0.3) is 0 Å². The minimum Gasteiger partial charge on any atom is -0.474 e. The monoisotopic (exact) mass is 276 g/mol. The SMILES string of the molecule is C=C.C=C.C=COC=C.OCCOCCOCCO. The first-order valence-corrected chi connectivity index (χ1v) is 5.58. The van der Waals surface area contributed by atoms with Crippen LogP contribution >= 0.6 is 0 Å². The van der Waals surface area contributed by atoms with Crippen LogP contribution in [0.1, 0.15) is 0 Å². The molecule has 0 bridgehead atoms. The molecule has 0 aliphatic heterocycles. The minimum atomic E-state index is 0.0417. The number of aliphatic hydroxyl groups is 2. The fourth-order valence-corrected chi connectivity index (χ4v) is 0.519. The van der Waals surface area contributed by atoms with E-state index in [0.29, 0.717) is 26.4 Å². The second-order valence-electron chi connectivity index (χ2n) is 2.14. The highest BCUT2D eigenvalue weighted by atomic mass is 16.5. The maximum atomic E-state index is 8.26. The summed E-state index contributed by atoms with van der Waals surface area (Å²) in [6.45, 7) is 20.2. The van der Waals surface area contributed by atoms with E-state index in [4.69, 9.17) is 19.7 Å². The van der Waals surface area contributed by atoms with Crippen LogP contribution in [0, 0.1) is 0 Å². The Bertz CT molecular complexity index is 135. The van der Waals surface area contributed by atoms with Crippen molar-refractivity contribution in [3.8, 4) is 0 Å². The highest BCUT2D eigenvalue weighted by molar-refractivity contribution is 4.57. The van der Waals surface area contributed by atoms with Crippen LogP contribution in [0.4, 0.5) is 0 Å². The molecule has 0 aliphatic carbocycles. The average molecular weight is 276 g/mol. The van der Waals surface area contributed by atoms with Gasteiger partial charge < -0.3 is 24.4 Å². The number of hydrogen-bond acceptors (Lipinski definition) is 5. The van der Waals surface area contributed by atoms with Crippen LogP contribution in [-0.2, 0) is 14.2 Å². The lowest BCUT2D eigenvalue weighted by molar-refractivity contribution is 0.0222. The van der Waals surface area contributed by atoms with Crippen LogP contribution in [0.3, 0.4) is 0 Å². The van der Waals surface area contributed by atoms with Gasteiger partial charge in [-0.1, -0.05) is 13.2 Å². The molecule has 0 unspecified atom stereocenters. The van der Waals surface area contributed by atoms with Crippen molar-refractivity contribution >= 4 is 0 Å². The van der Waals surface area contributed by atoms with Gasteiger partial charge in [-0.15, -0.1) is 26.3 Å². The molecule has 0 saturated carbocycles. The molecule has 0 aliphatic rings. The Morgan fingerprint density at radius 1 is 0.684 bits per heavy atom. The smallest absolute Gasteiger partial charge is 0.0829 e. The lowest BCUT2D eigenvalue weighted by Crippen LogP contribution is -2.09. The lowest BCUT2D eigenvalue weighted by atomic mass is 10.7. The van der Waals surface area contributed by atoms with Crippen LogP contribution in [0.5, 0.6) is 0 Å². The summed E-state index contributed by atoms with van der Waals surface area (Å²) in [5.41, 5.74) is 0. The van der Waals surface area contributed by atoms with E-state index in [2.05, 4.69) is 44.2 Å². The zero-order chi connectivity index (χ0) is 15.8. The Morgan fingerprint density at radius 2 is 1.00 bits per heavy atom. The Morgan fingerprint density at radius 3 is 1.16 bits per heavy atom. The maximum absolute atomic E-state index is 8.26. The molecule has 0 spiro atoms. The molecule has 0 amide bonds. The van der Waals surface area contributed by atoms with Crippen LogP contribution < -0.4 is 0 Å². The summed E-state index contributed by atoms with van der Waals surface area (Å²) < 4.78 is 14.1. The molecule has 0 aromatic heterocycles. The number of rotatable bonds is 9. The van der Waals surface area contributed by atoms with Gasteiger partial charge in [-0.05, 0) is 0 Å². The Labute approximate surface area is 117 Å². The molecule has 0 saturated heterocycles. The first kappa shape index (κ1) is 26.2. The Kier molecular flexibility index (Phi) is 60.5. The minimum absolute atomic E-state index is 0.0417. The molecule has 2 N–H and O–H groups in total. The molecule has 0 fully saturated rings. The highest BCUT2D eigenvalue weighted by Gasteiger charge is 1.86. The standard InChI is InChI=1S/C6H14O4.C4H6O.2C2H4/c7-1-3-9-5-6-10-4-2-8;1-3-5-4-2;2*1-2/h7-8H,1-6H2;3-4H,1-2H2;2*1-2H2. The maximum Gasteiger partial charge on any atom is 0.0829 e. The summed E-state index contributed by atoms with van der Waals surface area (Å²) in [6, 6.07) is 0. The normalized spacial score (nSPS) is 7.26. The van der Waals surface area contributed by atoms with Crippen molar-refractivity contribution in [2.24, 2.45) is 0 Å². The zero-order valence-electron chi connectivity index (χ0n) is 11.8. The summed E-state index contributed by atoms with van der Waals surface area (Å²) in [6.07, 6.45) is 2.62. The molecule has 0 rings (SSSR count). The second-order valence-corrected chi connectivity index (χ2v) is 2.14. The Balaban J connectivity index is -0.000000105. The van der Waals surface area contributed by atoms with Gasteiger partial charge in [0, 0.05) is 0 Å². The van der Waals surface area contributed by atoms with Crippen molar-refractivity contribution in [2.45, 2.75) is 0 Å². The predicted octanol–water partition coefficient (Wildman–Crippen LogP) is 1.90. The topological polar surface area (TPSA) is 68.2 Å². The van der Waals surface area contributed by atoms with Crippen molar-refractivity contribution in [3.05, 3.63) is 52.0 Å². The van der Waals surface area contributed by atoms with E-state index in [0.717, 1.165) is 0 Å². The lowest BCUT2D eigenvalue weighted by Gasteiger charge is -2.01. The molecular formula is C14H28O5. The molecule has 0 aromatic carbocycles. The summed E-state index contributed by atoms with van der Waals surface area (Å²) >= 11 is 0. The number of aliphatic hydroxyl groups excluding tert-OH is 2. The first-order valence-electron chi connectivity index (χ1n) is 5.58. The van der Waals surface area contributed by atoms with Crippen molar-refractivity contribution in [2.75, 3.05) is 39.6 Å². The molecule has 0 aromatic rings. The van der Waals surface area contributed by atoms with Crippen LogP contribution in [0.15, 0.2) is 52.0 Å². The third kappa shape index (κ3) is 61.3. The molecular weight excluding hydrogens is 248 g/mol. The van der Waals surface area contributed by atoms with E-state index in [-0.39, 0.29) is 13.2 Å². The third-order valence-electron chi connectivity index (χ3n) is 1.04. The van der Waals surface area contributed by atoms with E-state index in [1.807, 2.05) is 0 Å². The van der Waals surface area contributed by atoms with Crippen LogP contribution in [0.2, 0.25) is 0 Å². The van der Waals surface area contributed by atoms with Crippen molar-refractivity contribution in [1.82, 2.24) is 0 Å². The number of hydrogen-bond donors (Lipinski definition) is 2. The van der Waals surface area contributed by atoms with E-state index in [1.165, 1.54) is 12.5 Å². The van der Waals surface area contributed by atoms with Gasteiger partial charge in [0.2, 0.25) is 0 Å². The van der Waals surface area contributed by atoms with E-state index in [9.17, 15) is 0 Å². The molecule has 5 nitrogen and oxygen atoms in total. The molecule has 0 radical (unpaired) electrons. The van der Waals surface area contributed by atoms with Gasteiger partial charge in [0.15, 0.2) is 0 Å². The third-order valence-corrected chi connectivity index (χ3v) is 1.04. The largest absolute Gasteiger partial charge is 0.474 e. The molecule has 0 atom stereocenters. The molecule has 114 valence electrons. The van der Waals surface area contributed by atoms with E-state index < -0.39 is 0 Å². The van der Waals surface area contributed by atoms with Gasteiger partial charge in [0.05, 0.1) is 52.2 Å². The van der Waals surface area contributed by atoms with Crippen molar-refractivity contribution in [3.63, 3.8) is 0 Å². The first-order chi connectivity index (χ1) is 9.33. The fraction of sp³-hybridized carbons (Fsp3) is 0.429. The quantitative estimate of drug-likeness (QED) is 0.382. The van der Waals surface area contributed by atoms with Crippen LogP contribution in [-0.4, -0.2) is 49.9 Å². The summed E-state index contributed by atoms with van der Waals surface area (Å²) in [7, 11) is 0. The van der Waals surface area contributed by atoms with Gasteiger partial charge in [-0.2, -0.15) is 0 Å². The van der Waals surface area contributed by atoms with Gasteiger partial charge >= 0.3 is 0 Å². The zero-order valence-corrected chi connectivity index (χ0v) is 11.8. The number of ether oxygens (including phenoxy) is 3. The molecule has 5 heteroatoms. The van der Waals surface area contributed by atoms with E-state index >= 15 is 0 Å². The second kappa shape index (κ2) is 43.8. The van der Waals surface area contributed by atoms with Crippen molar-refractivity contribution < 1.29 is 24.4 Å². The van der Waals surface area contributed by atoms with Gasteiger partial charge in [0.1, 0.15) is 0 Å². The van der Waals surface area contributed by atoms with E-state index in [1.54, 1.807) is 0 Å². The van der Waals surface area contributed by atoms with Gasteiger partial charge in [-0.25, -0.2) is 0 Å². The average Bonchev–Trinajstić information content (AvgIpc) is 2.49. The molecule has 0 heterocycles. The fourth-order valence-electron chi connectivity index (χ4n) is 0.519. The van der Waals surface area contributed by atoms with Crippen LogP contribution in [0.25, 0.3) is 0 Å².